The van der Waals surface area contributed by atoms with Gasteiger partial charge in [0.25, 0.3) is 0 Å². The quantitative estimate of drug-likeness (QED) is 0.596. The molecule has 4 rings (SSSR count). The summed E-state index contributed by atoms with van der Waals surface area (Å²) in [6.07, 6.45) is 4.13. The van der Waals surface area contributed by atoms with Crippen molar-refractivity contribution in [3.05, 3.63) is 53.3 Å². The summed E-state index contributed by atoms with van der Waals surface area (Å²) in [5.41, 5.74) is 9.77. The molecule has 0 saturated carbocycles. The fraction of sp³-hybridized carbons (Fsp3) is 0.222. The largest absolute Gasteiger partial charge is 0.493 e. The molecule has 134 valence electrons. The second kappa shape index (κ2) is 6.47. The van der Waals surface area contributed by atoms with Crippen LogP contribution >= 0.6 is 0 Å². The number of fused-ring (bicyclic) bond motifs is 2. The molecule has 0 aliphatic carbocycles. The van der Waals surface area contributed by atoms with Gasteiger partial charge < -0.3 is 20.8 Å². The Bertz CT molecular complexity index is 1130. The molecule has 4 N–H and O–H groups in total. The number of aromatic amines is 1. The fourth-order valence-corrected chi connectivity index (χ4v) is 3.80. The molecular formula is C18H18N4O3S. The number of nitrogens with two attached hydrogens (primary N) is 1. The zero-order chi connectivity index (χ0) is 18.3. The van der Waals surface area contributed by atoms with Gasteiger partial charge in [0.1, 0.15) is 11.4 Å². The van der Waals surface area contributed by atoms with Gasteiger partial charge in [-0.15, -0.1) is 0 Å². The summed E-state index contributed by atoms with van der Waals surface area (Å²) in [6.45, 7) is 2.39. The van der Waals surface area contributed by atoms with Crippen LogP contribution in [0.3, 0.4) is 0 Å². The number of benzene rings is 1. The lowest BCUT2D eigenvalue weighted by atomic mass is 9.96. The van der Waals surface area contributed by atoms with Crippen LogP contribution in [0.2, 0.25) is 0 Å². The van der Waals surface area contributed by atoms with E-state index in [0.717, 1.165) is 22.9 Å². The van der Waals surface area contributed by atoms with E-state index in [0.29, 0.717) is 29.3 Å². The van der Waals surface area contributed by atoms with Crippen molar-refractivity contribution in [2.24, 2.45) is 5.73 Å². The molecule has 1 aliphatic rings. The minimum atomic E-state index is -2.47. The van der Waals surface area contributed by atoms with Crippen LogP contribution in [0.5, 0.6) is 5.75 Å². The first-order valence-corrected chi connectivity index (χ1v) is 9.30. The average molecular weight is 370 g/mol. The number of nitrogens with zero attached hydrogens (tertiary/aromatic N) is 1. The minimum Gasteiger partial charge on any atom is -0.493 e. The number of rotatable bonds is 2. The molecule has 0 fully saturated rings. The molecule has 1 aromatic carbocycles. The lowest BCUT2D eigenvalue weighted by Crippen LogP contribution is -2.23. The van der Waals surface area contributed by atoms with Crippen LogP contribution in [0.25, 0.3) is 11.0 Å². The summed E-state index contributed by atoms with van der Waals surface area (Å²) in [5.74, 6) is 0.635. The maximum Gasteiger partial charge on any atom is 0.238 e. The van der Waals surface area contributed by atoms with Crippen LogP contribution in [0.1, 0.15) is 29.2 Å². The third-order valence-corrected chi connectivity index (χ3v) is 5.22. The SMILES string of the molecule is Cc1cc2c(cc1C(Nc1ccnc3[nH]ccc13)=S(=O)=O)OCC[C@@H]2N. The lowest BCUT2D eigenvalue weighted by molar-refractivity contribution is 0.269. The van der Waals surface area contributed by atoms with Gasteiger partial charge in [-0.1, -0.05) is 6.07 Å². The van der Waals surface area contributed by atoms with E-state index in [1.807, 2.05) is 19.1 Å². The van der Waals surface area contributed by atoms with E-state index in [1.165, 1.54) is 0 Å². The van der Waals surface area contributed by atoms with E-state index in [9.17, 15) is 8.42 Å². The van der Waals surface area contributed by atoms with Crippen LogP contribution in [0.4, 0.5) is 5.69 Å². The number of pyridine rings is 1. The molecule has 1 aliphatic heterocycles. The van der Waals surface area contributed by atoms with E-state index >= 15 is 0 Å². The highest BCUT2D eigenvalue weighted by Gasteiger charge is 2.22. The maximum atomic E-state index is 12.0. The van der Waals surface area contributed by atoms with Gasteiger partial charge in [0.05, 0.1) is 12.3 Å². The van der Waals surface area contributed by atoms with Gasteiger partial charge in [-0.25, -0.2) is 4.98 Å². The van der Waals surface area contributed by atoms with Gasteiger partial charge in [-0.2, -0.15) is 8.42 Å². The number of hydrogen-bond donors (Lipinski definition) is 3. The van der Waals surface area contributed by atoms with E-state index in [2.05, 4.69) is 15.3 Å². The first-order chi connectivity index (χ1) is 12.5. The minimum absolute atomic E-state index is 0.0849. The summed E-state index contributed by atoms with van der Waals surface area (Å²) < 4.78 is 29.6. The smallest absolute Gasteiger partial charge is 0.238 e. The number of ether oxygens (including phenoxy) is 1. The Morgan fingerprint density at radius 2 is 2.23 bits per heavy atom. The molecule has 2 aromatic heterocycles. The number of nitrogens with one attached hydrogen (secondary N) is 2. The maximum absolute atomic E-state index is 12.0. The molecule has 3 heterocycles. The highest BCUT2D eigenvalue weighted by Crippen LogP contribution is 2.33. The third kappa shape index (κ3) is 2.83. The summed E-state index contributed by atoms with van der Waals surface area (Å²) in [4.78, 5) is 7.31. The zero-order valence-corrected chi connectivity index (χ0v) is 14.9. The van der Waals surface area contributed by atoms with Gasteiger partial charge in [-0.3, -0.25) is 0 Å². The standard InChI is InChI=1S/C18H18N4O3S/c1-10-8-13-14(19)4-7-25-16(13)9-12(10)18(26(23)24)22-15-3-6-21-17-11(15)2-5-20-17/h2-3,5-6,8-9,14H,4,7,19H2,1H3,(H2,20,21,22)/t14-/m0/s1. The van der Waals surface area contributed by atoms with Crippen LogP contribution in [-0.4, -0.2) is 30.0 Å². The Hall–Kier alpha value is -2.84. The normalized spacial score (nSPS) is 16.0. The number of anilines is 1. The molecular weight excluding hydrogens is 352 g/mol. The Kier molecular flexibility index (Phi) is 4.14. The van der Waals surface area contributed by atoms with Crippen molar-refractivity contribution in [2.45, 2.75) is 19.4 Å². The number of aromatic nitrogens is 2. The third-order valence-electron chi connectivity index (χ3n) is 4.56. The predicted molar refractivity (Wildman–Crippen MR) is 101 cm³/mol. The zero-order valence-electron chi connectivity index (χ0n) is 14.1. The van der Waals surface area contributed by atoms with Crippen LogP contribution < -0.4 is 15.8 Å². The molecule has 0 saturated heterocycles. The van der Waals surface area contributed by atoms with Crippen molar-refractivity contribution in [3.8, 4) is 5.75 Å². The van der Waals surface area contributed by atoms with Crippen LogP contribution in [0.15, 0.2) is 36.7 Å². The summed E-state index contributed by atoms with van der Waals surface area (Å²) in [7, 11) is -2.47. The summed E-state index contributed by atoms with van der Waals surface area (Å²) in [6, 6.07) is 7.14. The molecule has 1 atom stereocenters. The second-order valence-electron chi connectivity index (χ2n) is 6.24. The molecule has 0 spiro atoms. The molecule has 26 heavy (non-hydrogen) atoms. The Morgan fingerprint density at radius 3 is 3.04 bits per heavy atom. The molecule has 7 nitrogen and oxygen atoms in total. The van der Waals surface area contributed by atoms with Gasteiger partial charge >= 0.3 is 0 Å². The molecule has 0 amide bonds. The van der Waals surface area contributed by atoms with Crippen LogP contribution in [0, 0.1) is 6.92 Å². The van der Waals surface area contributed by atoms with Gasteiger partial charge in [-0.05, 0) is 30.7 Å². The van der Waals surface area contributed by atoms with Gasteiger partial charge in [0, 0.05) is 41.4 Å². The van der Waals surface area contributed by atoms with Crippen LogP contribution in [-0.2, 0) is 10.3 Å². The Balaban J connectivity index is 1.82. The summed E-state index contributed by atoms with van der Waals surface area (Å²) >= 11 is 0. The monoisotopic (exact) mass is 370 g/mol. The fourth-order valence-electron chi connectivity index (χ4n) is 3.21. The Morgan fingerprint density at radius 1 is 1.38 bits per heavy atom. The van der Waals surface area contributed by atoms with Crippen molar-refractivity contribution >= 4 is 32.0 Å². The number of H-pyrrole nitrogens is 1. The van der Waals surface area contributed by atoms with E-state index in [-0.39, 0.29) is 11.0 Å². The van der Waals surface area contributed by atoms with Crippen molar-refractivity contribution in [1.82, 2.24) is 9.97 Å². The highest BCUT2D eigenvalue weighted by atomic mass is 32.2. The van der Waals surface area contributed by atoms with E-state index in [1.54, 1.807) is 24.5 Å². The van der Waals surface area contributed by atoms with Crippen molar-refractivity contribution in [2.75, 3.05) is 11.9 Å². The number of hydrogen-bond acceptors (Lipinski definition) is 5. The van der Waals surface area contributed by atoms with Gasteiger partial charge in [0.15, 0.2) is 4.99 Å². The lowest BCUT2D eigenvalue weighted by Gasteiger charge is -2.24. The molecule has 8 heteroatoms. The number of aryl methyl sites for hydroxylation is 1. The average Bonchev–Trinajstić information content (AvgIpc) is 3.09. The van der Waals surface area contributed by atoms with Crippen molar-refractivity contribution in [3.63, 3.8) is 0 Å². The summed E-state index contributed by atoms with van der Waals surface area (Å²) in [5, 5.41) is 3.85. The molecule has 0 bridgehead atoms. The highest BCUT2D eigenvalue weighted by molar-refractivity contribution is 7.73. The van der Waals surface area contributed by atoms with Crippen molar-refractivity contribution < 1.29 is 13.2 Å². The first kappa shape index (κ1) is 16.6. The topological polar surface area (TPSA) is 110 Å². The van der Waals surface area contributed by atoms with Crippen molar-refractivity contribution in [1.29, 1.82) is 0 Å². The van der Waals surface area contributed by atoms with E-state index < -0.39 is 10.3 Å². The molecule has 0 unspecified atom stereocenters. The molecule has 3 aromatic rings. The van der Waals surface area contributed by atoms with Gasteiger partial charge in [0.2, 0.25) is 10.3 Å². The Labute approximate surface area is 151 Å². The predicted octanol–water partition coefficient (Wildman–Crippen LogP) is 2.12. The second-order valence-corrected chi connectivity index (χ2v) is 7.11. The van der Waals surface area contributed by atoms with E-state index in [4.69, 9.17) is 10.5 Å². The first-order valence-electron chi connectivity index (χ1n) is 8.23. The molecule has 0 radical (unpaired) electrons.